The molecule has 0 unspecified atom stereocenters. The van der Waals surface area contributed by atoms with Crippen LogP contribution in [0.1, 0.15) is 36.0 Å². The second-order valence-electron chi connectivity index (χ2n) is 12.3. The van der Waals surface area contributed by atoms with Crippen LogP contribution >= 0.6 is 15.9 Å². The van der Waals surface area contributed by atoms with Crippen molar-refractivity contribution < 1.29 is 27.8 Å². The fourth-order valence-electron chi connectivity index (χ4n) is 6.30. The number of aromatic nitrogens is 3. The second kappa shape index (κ2) is 15.5. The number of amides is 1. The molecule has 0 saturated carbocycles. The fourth-order valence-corrected chi connectivity index (χ4v) is 6.64. The summed E-state index contributed by atoms with van der Waals surface area (Å²) in [5.74, 6) is -0.892. The van der Waals surface area contributed by atoms with E-state index in [4.69, 9.17) is 14.2 Å². The molecule has 0 radical (unpaired) electrons. The summed E-state index contributed by atoms with van der Waals surface area (Å²) in [7, 11) is 1.55. The lowest BCUT2D eigenvalue weighted by molar-refractivity contribution is 0.102. The molecule has 0 bridgehead atoms. The van der Waals surface area contributed by atoms with Gasteiger partial charge < -0.3 is 24.4 Å². The van der Waals surface area contributed by atoms with E-state index in [9.17, 15) is 9.59 Å². The number of nitrogens with zero attached hydrogens (tertiary/aromatic N) is 4. The molecule has 1 aliphatic heterocycles. The maximum Gasteiger partial charge on any atom is 0.261 e. The number of fused-ring (bicyclic) bond motifs is 2. The number of carbonyl (C=O) groups is 1. The largest absolute Gasteiger partial charge is 0.493 e. The van der Waals surface area contributed by atoms with E-state index >= 15 is 8.78 Å². The summed E-state index contributed by atoms with van der Waals surface area (Å²) in [5, 5.41) is 3.27. The average Bonchev–Trinajstić information content (AvgIpc) is 3.15. The summed E-state index contributed by atoms with van der Waals surface area (Å²) in [6.45, 7) is 3.77. The van der Waals surface area contributed by atoms with E-state index in [1.807, 2.05) is 0 Å². The average molecular weight is 771 g/mol. The molecular formula is C39H34BrF2N5O5. The first-order valence-corrected chi connectivity index (χ1v) is 17.6. The van der Waals surface area contributed by atoms with E-state index in [1.54, 1.807) is 43.6 Å². The van der Waals surface area contributed by atoms with Crippen LogP contribution < -0.4 is 25.0 Å². The van der Waals surface area contributed by atoms with Crippen LogP contribution in [0.2, 0.25) is 0 Å². The van der Waals surface area contributed by atoms with Gasteiger partial charge in [0.2, 0.25) is 5.43 Å². The third kappa shape index (κ3) is 7.46. The number of likely N-dealkylation sites (tertiary alicyclic amines) is 1. The zero-order valence-electron chi connectivity index (χ0n) is 28.2. The lowest BCUT2D eigenvalue weighted by Crippen LogP contribution is -2.31. The van der Waals surface area contributed by atoms with Gasteiger partial charge in [0.05, 0.1) is 30.3 Å². The zero-order valence-corrected chi connectivity index (χ0v) is 29.8. The van der Waals surface area contributed by atoms with Crippen LogP contribution in [-0.4, -0.2) is 58.7 Å². The normalized spacial score (nSPS) is 13.3. The van der Waals surface area contributed by atoms with Crippen molar-refractivity contribution in [2.24, 2.45) is 0 Å². The number of piperidine rings is 1. The predicted octanol–water partition coefficient (Wildman–Crippen LogP) is 8.28. The molecule has 3 aromatic heterocycles. The number of methoxy groups -OCH3 is 1. The van der Waals surface area contributed by atoms with Gasteiger partial charge in [-0.25, -0.2) is 13.8 Å². The summed E-state index contributed by atoms with van der Waals surface area (Å²) in [6.07, 6.45) is 8.92. The number of nitrogens with one attached hydrogen (secondary N) is 1. The summed E-state index contributed by atoms with van der Waals surface area (Å²) in [6, 6.07) is 16.5. The van der Waals surface area contributed by atoms with Gasteiger partial charge in [-0.1, -0.05) is 22.4 Å². The Labute approximate surface area is 306 Å². The first-order valence-electron chi connectivity index (χ1n) is 16.9. The minimum Gasteiger partial charge on any atom is -0.493 e. The summed E-state index contributed by atoms with van der Waals surface area (Å²) in [5.41, 5.74) is 0.0119. The highest BCUT2D eigenvalue weighted by atomic mass is 79.9. The van der Waals surface area contributed by atoms with Gasteiger partial charge in [-0.2, -0.15) is 0 Å². The molecule has 7 rings (SSSR count). The van der Waals surface area contributed by atoms with E-state index in [1.165, 1.54) is 66.6 Å². The maximum absolute atomic E-state index is 15.5. The Hall–Kier alpha value is -5.40. The molecule has 266 valence electrons. The van der Waals surface area contributed by atoms with E-state index in [-0.39, 0.29) is 33.7 Å². The monoisotopic (exact) mass is 769 g/mol. The molecule has 3 aromatic carbocycles. The molecule has 52 heavy (non-hydrogen) atoms. The molecule has 13 heteroatoms. The third-order valence-electron chi connectivity index (χ3n) is 8.90. The van der Waals surface area contributed by atoms with Gasteiger partial charge in [0.1, 0.15) is 22.8 Å². The van der Waals surface area contributed by atoms with Crippen LogP contribution in [0.15, 0.2) is 94.6 Å². The fraction of sp³-hybridized carbons (Fsp3) is 0.231. The topological polar surface area (TPSA) is 108 Å². The minimum atomic E-state index is -0.813. The van der Waals surface area contributed by atoms with E-state index in [0.29, 0.717) is 39.2 Å². The van der Waals surface area contributed by atoms with Crippen molar-refractivity contribution in [2.45, 2.75) is 25.7 Å². The number of hydrogen-bond acceptors (Lipinski definition) is 8. The van der Waals surface area contributed by atoms with Crippen LogP contribution in [0, 0.1) is 11.6 Å². The number of benzene rings is 3. The number of hydrogen-bond donors (Lipinski definition) is 1. The van der Waals surface area contributed by atoms with Crippen LogP contribution in [0.4, 0.5) is 14.5 Å². The van der Waals surface area contributed by atoms with Crippen molar-refractivity contribution in [3.8, 4) is 28.7 Å². The van der Waals surface area contributed by atoms with Gasteiger partial charge >= 0.3 is 0 Å². The Bertz CT molecular complexity index is 2350. The number of carbonyl (C=O) groups excluding carboxylic acids is 1. The highest BCUT2D eigenvalue weighted by molar-refractivity contribution is 9.10. The smallest absolute Gasteiger partial charge is 0.261 e. The quantitative estimate of drug-likeness (QED) is 0.131. The third-order valence-corrected chi connectivity index (χ3v) is 9.39. The first kappa shape index (κ1) is 35.0. The van der Waals surface area contributed by atoms with Crippen molar-refractivity contribution in [1.82, 2.24) is 19.4 Å². The van der Waals surface area contributed by atoms with Crippen molar-refractivity contribution in [3.05, 3.63) is 117 Å². The van der Waals surface area contributed by atoms with Gasteiger partial charge in [0.25, 0.3) is 5.91 Å². The number of rotatable bonds is 11. The van der Waals surface area contributed by atoms with Crippen LogP contribution in [0.5, 0.6) is 23.0 Å². The first-order chi connectivity index (χ1) is 25.3. The van der Waals surface area contributed by atoms with Crippen LogP contribution in [0.3, 0.4) is 0 Å². The Kier molecular flexibility index (Phi) is 10.4. The van der Waals surface area contributed by atoms with Crippen LogP contribution in [-0.2, 0) is 0 Å². The lowest BCUT2D eigenvalue weighted by Gasteiger charge is -2.26. The molecule has 1 aliphatic rings. The van der Waals surface area contributed by atoms with Crippen LogP contribution in [0.25, 0.3) is 27.6 Å². The molecule has 4 heterocycles. The van der Waals surface area contributed by atoms with Gasteiger partial charge in [0, 0.05) is 52.8 Å². The molecule has 0 atom stereocenters. The lowest BCUT2D eigenvalue weighted by atomic mass is 10.1. The Morgan fingerprint density at radius 1 is 0.885 bits per heavy atom. The number of pyridine rings is 3. The number of halogens is 3. The highest BCUT2D eigenvalue weighted by Crippen LogP contribution is 2.38. The predicted molar refractivity (Wildman–Crippen MR) is 198 cm³/mol. The second-order valence-corrected chi connectivity index (χ2v) is 13.3. The molecule has 1 amide bonds. The molecule has 1 N–H and O–H groups in total. The molecule has 1 fully saturated rings. The summed E-state index contributed by atoms with van der Waals surface area (Å²) < 4.78 is 50.0. The van der Waals surface area contributed by atoms with Crippen molar-refractivity contribution in [1.29, 1.82) is 0 Å². The minimum absolute atomic E-state index is 0.0743. The Morgan fingerprint density at radius 3 is 2.52 bits per heavy atom. The number of anilines is 1. The van der Waals surface area contributed by atoms with Crippen molar-refractivity contribution in [2.75, 3.05) is 38.7 Å². The van der Waals surface area contributed by atoms with Gasteiger partial charge in [-0.3, -0.25) is 19.1 Å². The molecule has 0 aliphatic carbocycles. The Balaban J connectivity index is 1.09. The molecule has 1 saturated heterocycles. The van der Waals surface area contributed by atoms with Gasteiger partial charge in [0.15, 0.2) is 23.1 Å². The SMILES string of the molecule is COc1cc2c(Oc3ccc(NC(=O)c4cn(-c5ccc(Br)cc5F)c5ncccc5c4=O)cc3F)ccnc2cc1OCCCN1CCCCC1. The van der Waals surface area contributed by atoms with E-state index in [0.717, 1.165) is 32.1 Å². The molecule has 6 aromatic rings. The molecular weight excluding hydrogens is 736 g/mol. The maximum atomic E-state index is 15.5. The van der Waals surface area contributed by atoms with Gasteiger partial charge in [-0.15, -0.1) is 0 Å². The van der Waals surface area contributed by atoms with E-state index < -0.39 is 23.0 Å². The molecule has 0 spiro atoms. The van der Waals surface area contributed by atoms with Crippen molar-refractivity contribution in [3.63, 3.8) is 0 Å². The summed E-state index contributed by atoms with van der Waals surface area (Å²) >= 11 is 3.24. The van der Waals surface area contributed by atoms with Gasteiger partial charge in [-0.05, 0) is 86.9 Å². The molecule has 10 nitrogen and oxygen atoms in total. The standard InChI is InChI=1S/C39H34BrF2N5O5/c1-50-35-21-27-31(22-36(35)51-18-6-17-46-15-3-2-4-16-46)43-14-12-33(27)52-34-11-9-25(20-30(34)42)45-39(49)28-23-47(32-10-8-24(40)19-29(32)41)38-26(37(28)48)7-5-13-44-38/h5,7-14,19-23H,2-4,6,15-18H2,1H3,(H,45,49). The Morgan fingerprint density at radius 2 is 1.73 bits per heavy atom. The summed E-state index contributed by atoms with van der Waals surface area (Å²) in [4.78, 5) is 38.0. The van der Waals surface area contributed by atoms with E-state index in [2.05, 4.69) is 36.1 Å². The number of ether oxygens (including phenoxy) is 3. The highest BCUT2D eigenvalue weighted by Gasteiger charge is 2.20. The zero-order chi connectivity index (χ0) is 36.2. The van der Waals surface area contributed by atoms with Crippen molar-refractivity contribution >= 4 is 49.5 Å².